The molecule has 2 atom stereocenters. The minimum atomic E-state index is -0.311. The molecule has 1 aliphatic rings. The van der Waals surface area contributed by atoms with Crippen LogP contribution in [0.15, 0.2) is 0 Å². The molecule has 0 aromatic rings. The van der Waals surface area contributed by atoms with E-state index in [1.807, 2.05) is 6.92 Å². The molecule has 0 spiro atoms. The molecule has 19 heavy (non-hydrogen) atoms. The topological polar surface area (TPSA) is 40.5 Å². The number of carbonyl (C=O) groups is 1. The minimum Gasteiger partial charge on any atom is -0.393 e. The van der Waals surface area contributed by atoms with E-state index in [0.717, 1.165) is 51.5 Å². The van der Waals surface area contributed by atoms with Gasteiger partial charge in [-0.3, -0.25) is 4.79 Å². The van der Waals surface area contributed by atoms with E-state index in [-0.39, 0.29) is 18.1 Å². The maximum Gasteiger partial charge on any atom is 0.225 e. The molecule has 1 N–H and O–H groups in total. The van der Waals surface area contributed by atoms with Crippen LogP contribution in [0.1, 0.15) is 72.1 Å². The highest BCUT2D eigenvalue weighted by Gasteiger charge is 2.31. The third-order valence-electron chi connectivity index (χ3n) is 4.15. The first-order chi connectivity index (χ1) is 9.10. The summed E-state index contributed by atoms with van der Waals surface area (Å²) in [5.41, 5.74) is 0. The fourth-order valence-electron chi connectivity index (χ4n) is 3.25. The van der Waals surface area contributed by atoms with Crippen LogP contribution in [-0.2, 0) is 4.79 Å². The number of amides is 1. The van der Waals surface area contributed by atoms with Crippen LogP contribution in [0.5, 0.6) is 0 Å². The number of hydrogen-bond acceptors (Lipinski definition) is 2. The van der Waals surface area contributed by atoms with E-state index in [2.05, 4.69) is 18.7 Å². The molecule has 1 aliphatic heterocycles. The van der Waals surface area contributed by atoms with Crippen molar-refractivity contribution in [1.82, 2.24) is 4.90 Å². The summed E-state index contributed by atoms with van der Waals surface area (Å²) < 4.78 is 0. The Kier molecular flexibility index (Phi) is 7.44. The first kappa shape index (κ1) is 16.5. The van der Waals surface area contributed by atoms with Crippen molar-refractivity contribution in [1.29, 1.82) is 0 Å². The number of carbonyl (C=O) groups excluding carboxylic acids is 1. The summed E-state index contributed by atoms with van der Waals surface area (Å²) in [6.07, 6.45) is 7.94. The van der Waals surface area contributed by atoms with Crippen LogP contribution >= 0.6 is 0 Å². The number of aliphatic hydroxyl groups is 1. The zero-order chi connectivity index (χ0) is 14.3. The van der Waals surface area contributed by atoms with Crippen molar-refractivity contribution in [2.45, 2.75) is 84.3 Å². The fourth-order valence-corrected chi connectivity index (χ4v) is 3.25. The van der Waals surface area contributed by atoms with Crippen molar-refractivity contribution >= 4 is 5.91 Å². The molecule has 0 aromatic carbocycles. The van der Waals surface area contributed by atoms with Gasteiger partial charge in [0.1, 0.15) is 0 Å². The standard InChI is InChI=1S/C16H31NO2/c1-4-8-14(9-5-2)16(19)17-11-7-6-10-15(17)12-13(3)18/h13-15,18H,4-12H2,1-3H3. The van der Waals surface area contributed by atoms with Gasteiger partial charge in [0, 0.05) is 18.5 Å². The highest BCUT2D eigenvalue weighted by Crippen LogP contribution is 2.25. The number of aliphatic hydroxyl groups excluding tert-OH is 1. The second-order valence-electron chi connectivity index (χ2n) is 6.04. The molecule has 1 heterocycles. The van der Waals surface area contributed by atoms with Crippen molar-refractivity contribution in [2.75, 3.05) is 6.54 Å². The lowest BCUT2D eigenvalue weighted by atomic mass is 9.92. The first-order valence-electron chi connectivity index (χ1n) is 8.08. The largest absolute Gasteiger partial charge is 0.393 e. The van der Waals surface area contributed by atoms with E-state index < -0.39 is 0 Å². The van der Waals surface area contributed by atoms with Crippen LogP contribution in [0.4, 0.5) is 0 Å². The second-order valence-corrected chi connectivity index (χ2v) is 6.04. The van der Waals surface area contributed by atoms with Crippen LogP contribution in [0.2, 0.25) is 0 Å². The van der Waals surface area contributed by atoms with E-state index in [1.165, 1.54) is 6.42 Å². The van der Waals surface area contributed by atoms with Crippen LogP contribution in [0.25, 0.3) is 0 Å². The number of hydrogen-bond donors (Lipinski definition) is 1. The minimum absolute atomic E-state index is 0.199. The van der Waals surface area contributed by atoms with Gasteiger partial charge in [0.25, 0.3) is 0 Å². The van der Waals surface area contributed by atoms with Gasteiger partial charge in [-0.25, -0.2) is 0 Å². The monoisotopic (exact) mass is 269 g/mol. The van der Waals surface area contributed by atoms with E-state index in [4.69, 9.17) is 0 Å². The van der Waals surface area contributed by atoms with Crippen molar-refractivity contribution in [3.63, 3.8) is 0 Å². The Morgan fingerprint density at radius 2 is 1.89 bits per heavy atom. The summed E-state index contributed by atoms with van der Waals surface area (Å²) in [5, 5.41) is 9.61. The number of nitrogens with zero attached hydrogens (tertiary/aromatic N) is 1. The summed E-state index contributed by atoms with van der Waals surface area (Å²) in [7, 11) is 0. The molecule has 1 amide bonds. The number of piperidine rings is 1. The average molecular weight is 269 g/mol. The molecule has 112 valence electrons. The maximum atomic E-state index is 12.7. The van der Waals surface area contributed by atoms with Crippen molar-refractivity contribution in [3.05, 3.63) is 0 Å². The van der Waals surface area contributed by atoms with Crippen LogP contribution in [-0.4, -0.2) is 34.6 Å². The van der Waals surface area contributed by atoms with E-state index >= 15 is 0 Å². The van der Waals surface area contributed by atoms with Gasteiger partial charge in [-0.1, -0.05) is 26.7 Å². The Balaban J connectivity index is 2.68. The fraction of sp³-hybridized carbons (Fsp3) is 0.938. The van der Waals surface area contributed by atoms with Crippen LogP contribution < -0.4 is 0 Å². The summed E-state index contributed by atoms with van der Waals surface area (Å²) in [6, 6.07) is 0.262. The third-order valence-corrected chi connectivity index (χ3v) is 4.15. The van der Waals surface area contributed by atoms with Gasteiger partial charge >= 0.3 is 0 Å². The predicted octanol–water partition coefficient (Wildman–Crippen LogP) is 3.35. The average Bonchev–Trinajstić information content (AvgIpc) is 2.38. The molecule has 0 radical (unpaired) electrons. The molecule has 3 heteroatoms. The van der Waals surface area contributed by atoms with Crippen molar-refractivity contribution < 1.29 is 9.90 Å². The lowest BCUT2D eigenvalue weighted by molar-refractivity contribution is -0.140. The zero-order valence-corrected chi connectivity index (χ0v) is 12.9. The second kappa shape index (κ2) is 8.57. The van der Waals surface area contributed by atoms with Gasteiger partial charge < -0.3 is 10.0 Å². The molecule has 1 rings (SSSR count). The maximum absolute atomic E-state index is 12.7. The normalized spacial score (nSPS) is 21.7. The quantitative estimate of drug-likeness (QED) is 0.770. The molecule has 1 saturated heterocycles. The smallest absolute Gasteiger partial charge is 0.225 e. The molecule has 3 nitrogen and oxygen atoms in total. The lowest BCUT2D eigenvalue weighted by Crippen LogP contribution is -2.47. The highest BCUT2D eigenvalue weighted by atomic mass is 16.3. The van der Waals surface area contributed by atoms with Gasteiger partial charge in [-0.05, 0) is 45.4 Å². The molecular weight excluding hydrogens is 238 g/mol. The number of likely N-dealkylation sites (tertiary alicyclic amines) is 1. The Morgan fingerprint density at radius 1 is 1.26 bits per heavy atom. The number of rotatable bonds is 7. The van der Waals surface area contributed by atoms with E-state index in [9.17, 15) is 9.90 Å². The summed E-state index contributed by atoms with van der Waals surface area (Å²) in [5.74, 6) is 0.540. The summed E-state index contributed by atoms with van der Waals surface area (Å²) >= 11 is 0. The molecule has 2 unspecified atom stereocenters. The van der Waals surface area contributed by atoms with Gasteiger partial charge in [0.15, 0.2) is 0 Å². The van der Waals surface area contributed by atoms with Crippen molar-refractivity contribution in [3.8, 4) is 0 Å². The molecule has 0 aliphatic carbocycles. The highest BCUT2D eigenvalue weighted by molar-refractivity contribution is 5.79. The zero-order valence-electron chi connectivity index (χ0n) is 12.9. The van der Waals surface area contributed by atoms with Crippen molar-refractivity contribution in [2.24, 2.45) is 5.92 Å². The summed E-state index contributed by atoms with van der Waals surface area (Å²) in [4.78, 5) is 14.8. The molecule has 0 saturated carbocycles. The summed E-state index contributed by atoms with van der Waals surface area (Å²) in [6.45, 7) is 7.02. The Morgan fingerprint density at radius 3 is 2.42 bits per heavy atom. The first-order valence-corrected chi connectivity index (χ1v) is 8.08. The van der Waals surface area contributed by atoms with E-state index in [1.54, 1.807) is 0 Å². The third kappa shape index (κ3) is 5.13. The van der Waals surface area contributed by atoms with Gasteiger partial charge in [-0.2, -0.15) is 0 Å². The van der Waals surface area contributed by atoms with Crippen LogP contribution in [0.3, 0.4) is 0 Å². The SMILES string of the molecule is CCCC(CCC)C(=O)N1CCCCC1CC(C)O. The van der Waals surface area contributed by atoms with Crippen LogP contribution in [0, 0.1) is 5.92 Å². The Labute approximate surface area is 118 Å². The molecular formula is C16H31NO2. The lowest BCUT2D eigenvalue weighted by Gasteiger charge is -2.38. The Bertz CT molecular complexity index is 259. The van der Waals surface area contributed by atoms with Gasteiger partial charge in [0.05, 0.1) is 6.10 Å². The molecule has 1 fully saturated rings. The van der Waals surface area contributed by atoms with E-state index in [0.29, 0.717) is 5.91 Å². The predicted molar refractivity (Wildman–Crippen MR) is 79.0 cm³/mol. The van der Waals surface area contributed by atoms with Gasteiger partial charge in [-0.15, -0.1) is 0 Å². The molecule has 0 bridgehead atoms. The van der Waals surface area contributed by atoms with Gasteiger partial charge in [0.2, 0.25) is 5.91 Å². The molecule has 0 aromatic heterocycles. The Hall–Kier alpha value is -0.570.